The zero-order valence-corrected chi connectivity index (χ0v) is 9.79. The van der Waals surface area contributed by atoms with Crippen molar-refractivity contribution < 1.29 is 0 Å². The minimum atomic E-state index is 0.693. The van der Waals surface area contributed by atoms with Crippen LogP contribution in [0.2, 0.25) is 5.02 Å². The van der Waals surface area contributed by atoms with Gasteiger partial charge in [0.25, 0.3) is 0 Å². The van der Waals surface area contributed by atoms with E-state index < -0.39 is 0 Å². The second kappa shape index (κ2) is 4.02. The minimum Gasteiger partial charge on any atom is -0.174 e. The van der Waals surface area contributed by atoms with Crippen LogP contribution in [0.1, 0.15) is 9.75 Å². The summed E-state index contributed by atoms with van der Waals surface area (Å²) in [7, 11) is 0. The number of thiophene rings is 1. The average Bonchev–Trinajstić information content (AvgIpc) is 2.37. The van der Waals surface area contributed by atoms with Gasteiger partial charge < -0.3 is 0 Å². The van der Waals surface area contributed by atoms with Crippen molar-refractivity contribution in [3.63, 3.8) is 0 Å². The van der Waals surface area contributed by atoms with Crippen LogP contribution in [0.25, 0.3) is 6.08 Å². The number of fused-ring (bicyclic) bond motifs is 1. The largest absolute Gasteiger partial charge is 0.174 e. The first-order valence-corrected chi connectivity index (χ1v) is 6.28. The fourth-order valence-corrected chi connectivity index (χ4v) is 3.73. The SMILES string of the molecule is SCc1sc2c(c1Cl)SC=C=C=C2. The molecule has 0 aromatic carbocycles. The van der Waals surface area contributed by atoms with Gasteiger partial charge >= 0.3 is 0 Å². The number of rotatable bonds is 1. The molecule has 66 valence electrons. The predicted molar refractivity (Wildman–Crippen MR) is 63.9 cm³/mol. The van der Waals surface area contributed by atoms with E-state index in [1.54, 1.807) is 23.1 Å². The minimum absolute atomic E-state index is 0.693. The van der Waals surface area contributed by atoms with Crippen LogP contribution in [-0.2, 0) is 5.75 Å². The number of hydrogen-bond donors (Lipinski definition) is 1. The highest BCUT2D eigenvalue weighted by atomic mass is 35.5. The normalized spacial score (nSPS) is 13.1. The lowest BCUT2D eigenvalue weighted by Gasteiger charge is -1.93. The first-order chi connectivity index (χ1) is 6.33. The van der Waals surface area contributed by atoms with Crippen molar-refractivity contribution in [2.75, 3.05) is 0 Å². The lowest BCUT2D eigenvalue weighted by Crippen LogP contribution is -1.70. The number of thioether (sulfide) groups is 1. The molecule has 1 aromatic heterocycles. The Morgan fingerprint density at radius 1 is 1.46 bits per heavy atom. The summed E-state index contributed by atoms with van der Waals surface area (Å²) in [6.45, 7) is 0. The van der Waals surface area contributed by atoms with E-state index in [1.807, 2.05) is 11.5 Å². The summed E-state index contributed by atoms with van der Waals surface area (Å²) in [6.07, 6.45) is 1.91. The Morgan fingerprint density at radius 3 is 3.08 bits per heavy atom. The van der Waals surface area contributed by atoms with Gasteiger partial charge in [-0.05, 0) is 0 Å². The van der Waals surface area contributed by atoms with E-state index in [1.165, 1.54) is 0 Å². The third kappa shape index (κ3) is 1.77. The van der Waals surface area contributed by atoms with Gasteiger partial charge in [0.1, 0.15) is 0 Å². The van der Waals surface area contributed by atoms with Gasteiger partial charge in [0.05, 0.1) is 9.90 Å². The van der Waals surface area contributed by atoms with Gasteiger partial charge in [0.15, 0.2) is 0 Å². The van der Waals surface area contributed by atoms with Crippen LogP contribution in [0.15, 0.2) is 21.8 Å². The maximum absolute atomic E-state index is 6.16. The molecule has 0 saturated heterocycles. The molecule has 0 aliphatic carbocycles. The smallest absolute Gasteiger partial charge is 0.0699 e. The molecule has 0 unspecified atom stereocenters. The van der Waals surface area contributed by atoms with Crippen LogP contribution in [0.4, 0.5) is 0 Å². The quantitative estimate of drug-likeness (QED) is 0.570. The third-order valence-electron chi connectivity index (χ3n) is 1.57. The second-order valence-electron chi connectivity index (χ2n) is 2.36. The highest BCUT2D eigenvalue weighted by Gasteiger charge is 2.14. The van der Waals surface area contributed by atoms with E-state index in [9.17, 15) is 0 Å². The van der Waals surface area contributed by atoms with Crippen LogP contribution in [0, 0.1) is 0 Å². The topological polar surface area (TPSA) is 0 Å². The predicted octanol–water partition coefficient (Wildman–Crippen LogP) is 4.22. The van der Waals surface area contributed by atoms with Gasteiger partial charge in [-0.15, -0.1) is 11.3 Å². The number of thiol groups is 1. The lowest BCUT2D eigenvalue weighted by molar-refractivity contribution is 1.47. The molecule has 0 saturated carbocycles. The highest BCUT2D eigenvalue weighted by Crippen LogP contribution is 2.42. The molecule has 0 radical (unpaired) electrons. The molecule has 0 bridgehead atoms. The molecule has 0 nitrogen and oxygen atoms in total. The Balaban J connectivity index is 2.60. The van der Waals surface area contributed by atoms with Gasteiger partial charge in [-0.25, -0.2) is 0 Å². The van der Waals surface area contributed by atoms with Gasteiger partial charge in [0.2, 0.25) is 0 Å². The molecule has 1 aromatic rings. The molecule has 4 heteroatoms. The second-order valence-corrected chi connectivity index (χ2v) is 5.07. The van der Waals surface area contributed by atoms with E-state index in [0.29, 0.717) is 5.75 Å². The van der Waals surface area contributed by atoms with Gasteiger partial charge in [-0.2, -0.15) is 12.6 Å². The molecule has 0 amide bonds. The molecule has 1 aliphatic heterocycles. The Kier molecular flexibility index (Phi) is 2.95. The third-order valence-corrected chi connectivity index (χ3v) is 4.90. The van der Waals surface area contributed by atoms with Crippen LogP contribution >= 0.6 is 47.3 Å². The molecule has 2 rings (SSSR count). The summed E-state index contributed by atoms with van der Waals surface area (Å²) in [5.41, 5.74) is 5.85. The lowest BCUT2D eigenvalue weighted by atomic mass is 10.4. The molecule has 13 heavy (non-hydrogen) atoms. The van der Waals surface area contributed by atoms with E-state index in [0.717, 1.165) is 19.7 Å². The first-order valence-electron chi connectivity index (χ1n) is 3.57. The summed E-state index contributed by atoms with van der Waals surface area (Å²) in [6, 6.07) is 0. The number of hydrogen-bond acceptors (Lipinski definition) is 3. The standard InChI is InChI=1S/C9H5ClS3/c10-8-7(5-11)13-6-3-1-2-4-12-9(6)8/h3-4,11H,5H2. The Labute approximate surface area is 95.4 Å². The van der Waals surface area contributed by atoms with Crippen molar-refractivity contribution in [3.05, 3.63) is 31.6 Å². The molecule has 2 heterocycles. The van der Waals surface area contributed by atoms with Crippen molar-refractivity contribution in [2.45, 2.75) is 10.6 Å². The maximum atomic E-state index is 6.16. The van der Waals surface area contributed by atoms with Crippen LogP contribution in [0.3, 0.4) is 0 Å². The van der Waals surface area contributed by atoms with E-state index in [4.69, 9.17) is 11.6 Å². The fraction of sp³-hybridized carbons (Fsp3) is 0.111. The van der Waals surface area contributed by atoms with Gasteiger partial charge in [-0.1, -0.05) is 34.8 Å². The fourth-order valence-electron chi connectivity index (χ4n) is 0.995. The molecule has 0 spiro atoms. The first kappa shape index (κ1) is 9.54. The molecular weight excluding hydrogens is 240 g/mol. The molecule has 0 N–H and O–H groups in total. The Hall–Kier alpha value is -0.0100. The summed E-state index contributed by atoms with van der Waals surface area (Å²) >= 11 is 13.6. The van der Waals surface area contributed by atoms with E-state index in [2.05, 4.69) is 24.1 Å². The summed E-state index contributed by atoms with van der Waals surface area (Å²) in [5, 5.41) is 2.70. The summed E-state index contributed by atoms with van der Waals surface area (Å²) < 4.78 is 0. The van der Waals surface area contributed by atoms with Crippen molar-refractivity contribution >= 4 is 53.4 Å². The van der Waals surface area contributed by atoms with Crippen molar-refractivity contribution in [2.24, 2.45) is 0 Å². The van der Waals surface area contributed by atoms with Crippen molar-refractivity contribution in [3.8, 4) is 0 Å². The number of halogens is 1. The zero-order chi connectivity index (χ0) is 9.26. The zero-order valence-electron chi connectivity index (χ0n) is 6.50. The summed E-state index contributed by atoms with van der Waals surface area (Å²) in [4.78, 5) is 3.38. The van der Waals surface area contributed by atoms with Crippen molar-refractivity contribution in [1.82, 2.24) is 0 Å². The molecule has 1 aliphatic rings. The summed E-state index contributed by atoms with van der Waals surface area (Å²) in [5.74, 6) is 0.693. The van der Waals surface area contributed by atoms with Crippen LogP contribution in [-0.4, -0.2) is 0 Å². The molecule has 0 atom stereocenters. The van der Waals surface area contributed by atoms with E-state index >= 15 is 0 Å². The average molecular weight is 245 g/mol. The monoisotopic (exact) mass is 244 g/mol. The Bertz CT molecular complexity index is 432. The van der Waals surface area contributed by atoms with Crippen LogP contribution < -0.4 is 0 Å². The van der Waals surface area contributed by atoms with Gasteiger partial charge in [0, 0.05) is 27.0 Å². The highest BCUT2D eigenvalue weighted by molar-refractivity contribution is 8.02. The van der Waals surface area contributed by atoms with E-state index in [-0.39, 0.29) is 0 Å². The van der Waals surface area contributed by atoms with Crippen molar-refractivity contribution in [1.29, 1.82) is 0 Å². The Morgan fingerprint density at radius 2 is 2.31 bits per heavy atom. The molecular formula is C9H5ClS3. The van der Waals surface area contributed by atoms with Crippen LogP contribution in [0.5, 0.6) is 0 Å². The van der Waals surface area contributed by atoms with Gasteiger partial charge in [-0.3, -0.25) is 0 Å². The maximum Gasteiger partial charge on any atom is 0.0699 e. The molecule has 0 fully saturated rings.